The highest BCUT2D eigenvalue weighted by Crippen LogP contribution is 2.48. The molecule has 1 N–H and O–H groups in total. The van der Waals surface area contributed by atoms with Crippen LogP contribution in [0.15, 0.2) is 41.1 Å². The second-order valence-electron chi connectivity index (χ2n) is 7.67. The molecule has 2 unspecified atom stereocenters. The summed E-state index contributed by atoms with van der Waals surface area (Å²) in [6.45, 7) is 4.11. The lowest BCUT2D eigenvalue weighted by Gasteiger charge is -2.31. The minimum Gasteiger partial charge on any atom is -0.342 e. The summed E-state index contributed by atoms with van der Waals surface area (Å²) in [6.07, 6.45) is 5.88. The number of carbonyl (C=O) groups excluding carboxylic acids is 2. The van der Waals surface area contributed by atoms with Crippen molar-refractivity contribution in [3.05, 3.63) is 46.7 Å². The molecule has 2 atom stereocenters. The molecule has 2 fully saturated rings. The van der Waals surface area contributed by atoms with Gasteiger partial charge in [-0.3, -0.25) is 14.3 Å². The van der Waals surface area contributed by atoms with Crippen LogP contribution in [0.2, 0.25) is 0 Å². The van der Waals surface area contributed by atoms with Gasteiger partial charge in [-0.1, -0.05) is 28.1 Å². The zero-order valence-electron chi connectivity index (χ0n) is 16.0. The van der Waals surface area contributed by atoms with Crippen LogP contribution in [0.4, 0.5) is 5.69 Å². The lowest BCUT2D eigenvalue weighted by atomic mass is 9.95. The maximum Gasteiger partial charge on any atom is 0.227 e. The fraction of sp³-hybridized carbons (Fsp3) is 0.476. The molecule has 7 heteroatoms. The van der Waals surface area contributed by atoms with E-state index in [4.69, 9.17) is 0 Å². The standard InChI is InChI=1S/C21H25BrN4O2/c1-2-26-13-17(12-23-26)24-20(27)15-7-9-25(10-8-15)21(28)19-11-18(19)14-3-5-16(22)6-4-14/h3-6,12-13,15,18-19H,2,7-11H2,1H3,(H,24,27). The lowest BCUT2D eigenvalue weighted by molar-refractivity contribution is -0.135. The van der Waals surface area contributed by atoms with E-state index in [1.165, 1.54) is 5.56 Å². The number of nitrogens with zero attached hydrogens (tertiary/aromatic N) is 3. The van der Waals surface area contributed by atoms with Crippen molar-refractivity contribution in [1.82, 2.24) is 14.7 Å². The van der Waals surface area contributed by atoms with Gasteiger partial charge in [0.1, 0.15) is 0 Å². The van der Waals surface area contributed by atoms with Gasteiger partial charge >= 0.3 is 0 Å². The second kappa shape index (κ2) is 8.07. The SMILES string of the molecule is CCn1cc(NC(=O)C2CCN(C(=O)C3CC3c3ccc(Br)cc3)CC2)cn1. The Labute approximate surface area is 173 Å². The highest BCUT2D eigenvalue weighted by molar-refractivity contribution is 9.10. The predicted molar refractivity (Wildman–Crippen MR) is 111 cm³/mol. The van der Waals surface area contributed by atoms with E-state index in [0.717, 1.165) is 36.0 Å². The van der Waals surface area contributed by atoms with Gasteiger partial charge in [-0.15, -0.1) is 0 Å². The number of amides is 2. The Morgan fingerprint density at radius 1 is 1.21 bits per heavy atom. The Balaban J connectivity index is 1.26. The molecule has 28 heavy (non-hydrogen) atoms. The molecule has 148 valence electrons. The number of nitrogens with one attached hydrogen (secondary N) is 1. The van der Waals surface area contributed by atoms with Crippen LogP contribution in [0.1, 0.15) is 37.7 Å². The normalized spacial score (nSPS) is 22.1. The molecule has 1 aromatic carbocycles. The van der Waals surface area contributed by atoms with Crippen molar-refractivity contribution < 1.29 is 9.59 Å². The average Bonchev–Trinajstić information content (AvgIpc) is 3.39. The molecule has 1 aliphatic carbocycles. The number of carbonyl (C=O) groups is 2. The van der Waals surface area contributed by atoms with E-state index in [2.05, 4.69) is 38.5 Å². The summed E-state index contributed by atoms with van der Waals surface area (Å²) in [6, 6.07) is 8.26. The number of hydrogen-bond donors (Lipinski definition) is 1. The summed E-state index contributed by atoms with van der Waals surface area (Å²) in [4.78, 5) is 27.3. The molecule has 0 spiro atoms. The summed E-state index contributed by atoms with van der Waals surface area (Å²) >= 11 is 3.45. The first kappa shape index (κ1) is 19.2. The van der Waals surface area contributed by atoms with Crippen molar-refractivity contribution in [3.63, 3.8) is 0 Å². The van der Waals surface area contributed by atoms with Crippen molar-refractivity contribution >= 4 is 33.4 Å². The number of anilines is 1. The molecule has 2 aromatic rings. The Hall–Kier alpha value is -2.15. The van der Waals surface area contributed by atoms with E-state index in [1.807, 2.05) is 30.2 Å². The predicted octanol–water partition coefficient (Wildman–Crippen LogP) is 3.65. The van der Waals surface area contributed by atoms with Gasteiger partial charge in [-0.05, 0) is 49.8 Å². The van der Waals surface area contributed by atoms with Crippen molar-refractivity contribution in [2.24, 2.45) is 11.8 Å². The van der Waals surface area contributed by atoms with Gasteiger partial charge in [0.15, 0.2) is 0 Å². The first-order valence-electron chi connectivity index (χ1n) is 9.92. The summed E-state index contributed by atoms with van der Waals surface area (Å²) in [7, 11) is 0. The Morgan fingerprint density at radius 2 is 1.93 bits per heavy atom. The van der Waals surface area contributed by atoms with Gasteiger partial charge in [0.25, 0.3) is 0 Å². The molecule has 1 saturated carbocycles. The maximum absolute atomic E-state index is 12.8. The van der Waals surface area contributed by atoms with Crippen LogP contribution in [0.3, 0.4) is 0 Å². The van der Waals surface area contributed by atoms with E-state index in [-0.39, 0.29) is 23.7 Å². The second-order valence-corrected chi connectivity index (χ2v) is 8.59. The number of halogens is 1. The van der Waals surface area contributed by atoms with Crippen LogP contribution in [0.5, 0.6) is 0 Å². The summed E-state index contributed by atoms with van der Waals surface area (Å²) in [5.74, 6) is 0.677. The Kier molecular flexibility index (Phi) is 5.53. The lowest BCUT2D eigenvalue weighted by Crippen LogP contribution is -2.42. The summed E-state index contributed by atoms with van der Waals surface area (Å²) in [5.41, 5.74) is 1.98. The third-order valence-corrected chi connectivity index (χ3v) is 6.34. The molecule has 0 bridgehead atoms. The van der Waals surface area contributed by atoms with Crippen LogP contribution in [0.25, 0.3) is 0 Å². The van der Waals surface area contributed by atoms with E-state index < -0.39 is 0 Å². The van der Waals surface area contributed by atoms with Crippen molar-refractivity contribution in [2.45, 2.75) is 38.6 Å². The van der Waals surface area contributed by atoms with Crippen LogP contribution in [-0.2, 0) is 16.1 Å². The van der Waals surface area contributed by atoms with Crippen molar-refractivity contribution in [2.75, 3.05) is 18.4 Å². The number of likely N-dealkylation sites (tertiary alicyclic amines) is 1. The van der Waals surface area contributed by atoms with Gasteiger partial charge < -0.3 is 10.2 Å². The molecule has 2 heterocycles. The van der Waals surface area contributed by atoms with Crippen LogP contribution in [0, 0.1) is 11.8 Å². The minimum absolute atomic E-state index is 0.0295. The number of benzene rings is 1. The molecule has 6 nitrogen and oxygen atoms in total. The monoisotopic (exact) mass is 444 g/mol. The van der Waals surface area contributed by atoms with E-state index in [9.17, 15) is 9.59 Å². The fourth-order valence-corrected chi connectivity index (χ4v) is 4.25. The number of aryl methyl sites for hydroxylation is 1. The third-order valence-electron chi connectivity index (χ3n) is 5.81. The first-order chi connectivity index (χ1) is 13.5. The van der Waals surface area contributed by atoms with Crippen LogP contribution >= 0.6 is 15.9 Å². The zero-order valence-corrected chi connectivity index (χ0v) is 17.6. The number of aromatic nitrogens is 2. The van der Waals surface area contributed by atoms with E-state index in [1.54, 1.807) is 10.9 Å². The molecule has 0 radical (unpaired) electrons. The summed E-state index contributed by atoms with van der Waals surface area (Å²) in [5, 5.41) is 7.13. The van der Waals surface area contributed by atoms with Crippen LogP contribution in [-0.4, -0.2) is 39.6 Å². The average molecular weight is 445 g/mol. The van der Waals surface area contributed by atoms with E-state index >= 15 is 0 Å². The van der Waals surface area contributed by atoms with Crippen LogP contribution < -0.4 is 5.32 Å². The largest absolute Gasteiger partial charge is 0.342 e. The van der Waals surface area contributed by atoms with Gasteiger partial charge in [0.2, 0.25) is 11.8 Å². The summed E-state index contributed by atoms with van der Waals surface area (Å²) < 4.78 is 2.84. The highest BCUT2D eigenvalue weighted by Gasteiger charge is 2.46. The smallest absolute Gasteiger partial charge is 0.227 e. The van der Waals surface area contributed by atoms with Gasteiger partial charge in [0, 0.05) is 42.1 Å². The molecule has 4 rings (SSSR count). The molecule has 2 amide bonds. The molecule has 2 aliphatic rings. The van der Waals surface area contributed by atoms with Crippen molar-refractivity contribution in [1.29, 1.82) is 0 Å². The Morgan fingerprint density at radius 3 is 2.57 bits per heavy atom. The Bertz CT molecular complexity index is 856. The van der Waals surface area contributed by atoms with Gasteiger partial charge in [-0.2, -0.15) is 5.10 Å². The number of hydrogen-bond acceptors (Lipinski definition) is 3. The quantitative estimate of drug-likeness (QED) is 0.764. The van der Waals surface area contributed by atoms with Gasteiger partial charge in [0.05, 0.1) is 11.9 Å². The molecular formula is C21H25BrN4O2. The first-order valence-corrected chi connectivity index (χ1v) is 10.7. The molecular weight excluding hydrogens is 420 g/mol. The maximum atomic E-state index is 12.8. The fourth-order valence-electron chi connectivity index (χ4n) is 3.99. The molecule has 1 saturated heterocycles. The van der Waals surface area contributed by atoms with Gasteiger partial charge in [-0.25, -0.2) is 0 Å². The highest BCUT2D eigenvalue weighted by atomic mass is 79.9. The van der Waals surface area contributed by atoms with Crippen molar-refractivity contribution in [3.8, 4) is 0 Å². The zero-order chi connectivity index (χ0) is 19.7. The molecule has 1 aliphatic heterocycles. The minimum atomic E-state index is -0.0458. The number of rotatable bonds is 5. The topological polar surface area (TPSA) is 67.2 Å². The third kappa shape index (κ3) is 4.14. The van der Waals surface area contributed by atoms with E-state index in [0.29, 0.717) is 19.0 Å². The number of piperidine rings is 1. The molecule has 1 aromatic heterocycles.